The standard InChI is InChI=1S/C31H38ClN3O4S/c1-21(2)18-33-31(37)25(6)34(19-26-9-11-27(32)12-10-26)30(36)20-35(28-16-23(4)15-24(5)17-28)40(38,39)29-13-7-22(3)8-14-29/h7-17,21,25H,18-20H2,1-6H3,(H,33,37)/t25-/m0/s1. The normalized spacial score (nSPS) is 12.2. The highest BCUT2D eigenvalue weighted by atomic mass is 35.5. The molecule has 7 nitrogen and oxygen atoms in total. The van der Waals surface area contributed by atoms with Crippen LogP contribution in [0.3, 0.4) is 0 Å². The summed E-state index contributed by atoms with van der Waals surface area (Å²) in [5, 5.41) is 3.44. The molecule has 9 heteroatoms. The van der Waals surface area contributed by atoms with Crippen LogP contribution in [0.25, 0.3) is 0 Å². The van der Waals surface area contributed by atoms with Gasteiger partial charge in [-0.15, -0.1) is 0 Å². The lowest BCUT2D eigenvalue weighted by Crippen LogP contribution is -2.51. The van der Waals surface area contributed by atoms with E-state index in [0.29, 0.717) is 17.3 Å². The Balaban J connectivity index is 2.04. The molecule has 3 aromatic rings. The average molecular weight is 584 g/mol. The average Bonchev–Trinajstić information content (AvgIpc) is 2.89. The van der Waals surface area contributed by atoms with E-state index in [1.54, 1.807) is 55.5 Å². The van der Waals surface area contributed by atoms with Crippen LogP contribution in [0.5, 0.6) is 0 Å². The van der Waals surface area contributed by atoms with Gasteiger partial charge in [-0.25, -0.2) is 8.42 Å². The summed E-state index contributed by atoms with van der Waals surface area (Å²) in [5.41, 5.74) is 3.80. The minimum Gasteiger partial charge on any atom is -0.354 e. The topological polar surface area (TPSA) is 86.8 Å². The van der Waals surface area contributed by atoms with Crippen molar-refractivity contribution in [3.8, 4) is 0 Å². The molecule has 0 fully saturated rings. The van der Waals surface area contributed by atoms with Gasteiger partial charge in [0.2, 0.25) is 11.8 Å². The molecule has 0 aliphatic rings. The third kappa shape index (κ3) is 8.08. The van der Waals surface area contributed by atoms with E-state index in [-0.39, 0.29) is 23.3 Å². The Kier molecular flexibility index (Phi) is 10.4. The molecule has 0 radical (unpaired) electrons. The first-order valence-electron chi connectivity index (χ1n) is 13.3. The molecular formula is C31H38ClN3O4S. The minimum atomic E-state index is -4.11. The maximum atomic E-state index is 14.0. The van der Waals surface area contributed by atoms with Crippen LogP contribution in [0.1, 0.15) is 43.0 Å². The molecule has 1 N–H and O–H groups in total. The van der Waals surface area contributed by atoms with Crippen LogP contribution in [-0.2, 0) is 26.2 Å². The van der Waals surface area contributed by atoms with Crippen LogP contribution in [0, 0.1) is 26.7 Å². The third-order valence-corrected chi connectivity index (χ3v) is 8.54. The molecule has 214 valence electrons. The highest BCUT2D eigenvalue weighted by Gasteiger charge is 2.32. The zero-order valence-electron chi connectivity index (χ0n) is 23.9. The zero-order valence-corrected chi connectivity index (χ0v) is 25.5. The van der Waals surface area contributed by atoms with Crippen molar-refractivity contribution in [2.75, 3.05) is 17.4 Å². The number of sulfonamides is 1. The Hall–Kier alpha value is -3.36. The molecule has 0 saturated heterocycles. The van der Waals surface area contributed by atoms with Crippen LogP contribution >= 0.6 is 11.6 Å². The number of carbonyl (C=O) groups is 2. The lowest BCUT2D eigenvalue weighted by atomic mass is 10.1. The van der Waals surface area contributed by atoms with Crippen LogP contribution < -0.4 is 9.62 Å². The SMILES string of the molecule is Cc1ccc(S(=O)(=O)N(CC(=O)N(Cc2ccc(Cl)cc2)[C@@H](C)C(=O)NCC(C)C)c2cc(C)cc(C)c2)cc1. The van der Waals surface area contributed by atoms with Crippen molar-refractivity contribution in [1.82, 2.24) is 10.2 Å². The number of hydrogen-bond donors (Lipinski definition) is 1. The minimum absolute atomic E-state index is 0.0806. The van der Waals surface area contributed by atoms with E-state index in [0.717, 1.165) is 26.6 Å². The number of amides is 2. The van der Waals surface area contributed by atoms with E-state index in [1.807, 2.05) is 40.7 Å². The Bertz CT molecular complexity index is 1420. The quantitative estimate of drug-likeness (QED) is 0.316. The van der Waals surface area contributed by atoms with Gasteiger partial charge in [0.15, 0.2) is 0 Å². The van der Waals surface area contributed by atoms with Gasteiger partial charge < -0.3 is 10.2 Å². The summed E-state index contributed by atoms with van der Waals surface area (Å²) in [5.74, 6) is -0.580. The molecule has 0 aliphatic heterocycles. The molecule has 0 aromatic heterocycles. The van der Waals surface area contributed by atoms with Crippen molar-refractivity contribution in [3.63, 3.8) is 0 Å². The summed E-state index contributed by atoms with van der Waals surface area (Å²) in [6, 6.07) is 18.1. The fraction of sp³-hybridized carbons (Fsp3) is 0.355. The number of nitrogens with one attached hydrogen (secondary N) is 1. The molecular weight excluding hydrogens is 546 g/mol. The molecule has 3 rings (SSSR count). The molecule has 0 unspecified atom stereocenters. The maximum absolute atomic E-state index is 14.0. The zero-order chi connectivity index (χ0) is 29.6. The van der Waals surface area contributed by atoms with Gasteiger partial charge in [0.05, 0.1) is 10.6 Å². The third-order valence-electron chi connectivity index (χ3n) is 6.50. The summed E-state index contributed by atoms with van der Waals surface area (Å²) < 4.78 is 29.1. The summed E-state index contributed by atoms with van der Waals surface area (Å²) in [6.45, 7) is 11.3. The van der Waals surface area contributed by atoms with Gasteiger partial charge in [-0.1, -0.05) is 61.3 Å². The molecule has 3 aromatic carbocycles. The molecule has 0 saturated carbocycles. The van der Waals surface area contributed by atoms with Crippen molar-refractivity contribution >= 4 is 39.1 Å². The van der Waals surface area contributed by atoms with Crippen molar-refractivity contribution < 1.29 is 18.0 Å². The number of anilines is 1. The second kappa shape index (κ2) is 13.3. The predicted molar refractivity (Wildman–Crippen MR) is 161 cm³/mol. The highest BCUT2D eigenvalue weighted by molar-refractivity contribution is 7.92. The Morgan fingerprint density at radius 3 is 1.98 bits per heavy atom. The number of benzene rings is 3. The first-order chi connectivity index (χ1) is 18.8. The van der Waals surface area contributed by atoms with Crippen LogP contribution in [-0.4, -0.2) is 44.3 Å². The van der Waals surface area contributed by atoms with Crippen molar-refractivity contribution in [2.24, 2.45) is 5.92 Å². The van der Waals surface area contributed by atoms with Gasteiger partial charge >= 0.3 is 0 Å². The summed E-state index contributed by atoms with van der Waals surface area (Å²) in [7, 11) is -4.11. The van der Waals surface area contributed by atoms with Crippen molar-refractivity contribution in [1.29, 1.82) is 0 Å². The Labute approximate surface area is 243 Å². The van der Waals surface area contributed by atoms with Crippen LogP contribution in [0.4, 0.5) is 5.69 Å². The first kappa shape index (κ1) is 31.2. The summed E-state index contributed by atoms with van der Waals surface area (Å²) in [6.07, 6.45) is 0. The molecule has 2 amide bonds. The van der Waals surface area contributed by atoms with Crippen molar-refractivity contribution in [3.05, 3.63) is 94.0 Å². The van der Waals surface area contributed by atoms with Gasteiger partial charge in [-0.2, -0.15) is 0 Å². The van der Waals surface area contributed by atoms with E-state index >= 15 is 0 Å². The van der Waals surface area contributed by atoms with Crippen LogP contribution in [0.2, 0.25) is 5.02 Å². The van der Waals surface area contributed by atoms with E-state index in [4.69, 9.17) is 11.6 Å². The van der Waals surface area contributed by atoms with E-state index in [1.165, 1.54) is 17.0 Å². The molecule has 0 bridgehead atoms. The second-order valence-electron chi connectivity index (χ2n) is 10.6. The molecule has 0 spiro atoms. The van der Waals surface area contributed by atoms with Gasteiger partial charge in [-0.3, -0.25) is 13.9 Å². The number of nitrogens with zero attached hydrogens (tertiary/aromatic N) is 2. The van der Waals surface area contributed by atoms with Gasteiger partial charge in [0, 0.05) is 18.1 Å². The van der Waals surface area contributed by atoms with Gasteiger partial charge in [0.25, 0.3) is 10.0 Å². The Morgan fingerprint density at radius 1 is 0.850 bits per heavy atom. The van der Waals surface area contributed by atoms with E-state index in [9.17, 15) is 18.0 Å². The van der Waals surface area contributed by atoms with E-state index < -0.39 is 28.5 Å². The number of halogens is 1. The number of aryl methyl sites for hydroxylation is 3. The highest BCUT2D eigenvalue weighted by Crippen LogP contribution is 2.27. The fourth-order valence-corrected chi connectivity index (χ4v) is 5.81. The Morgan fingerprint density at radius 2 is 1.43 bits per heavy atom. The first-order valence-corrected chi connectivity index (χ1v) is 15.1. The lowest BCUT2D eigenvalue weighted by Gasteiger charge is -2.32. The molecule has 0 aliphatic carbocycles. The smallest absolute Gasteiger partial charge is 0.264 e. The van der Waals surface area contributed by atoms with Gasteiger partial charge in [0.1, 0.15) is 12.6 Å². The molecule has 40 heavy (non-hydrogen) atoms. The van der Waals surface area contributed by atoms with E-state index in [2.05, 4.69) is 5.32 Å². The summed E-state index contributed by atoms with van der Waals surface area (Å²) in [4.78, 5) is 28.6. The summed E-state index contributed by atoms with van der Waals surface area (Å²) >= 11 is 6.06. The van der Waals surface area contributed by atoms with Crippen LogP contribution in [0.15, 0.2) is 71.6 Å². The number of hydrogen-bond acceptors (Lipinski definition) is 4. The number of carbonyl (C=O) groups excluding carboxylic acids is 2. The second-order valence-corrected chi connectivity index (χ2v) is 12.9. The van der Waals surface area contributed by atoms with Crippen molar-refractivity contribution in [2.45, 2.75) is 59.0 Å². The van der Waals surface area contributed by atoms with Gasteiger partial charge in [-0.05, 0) is 86.7 Å². The lowest BCUT2D eigenvalue weighted by molar-refractivity contribution is -0.139. The molecule has 0 heterocycles. The molecule has 1 atom stereocenters. The maximum Gasteiger partial charge on any atom is 0.264 e. The predicted octanol–water partition coefficient (Wildman–Crippen LogP) is 5.65. The number of rotatable bonds is 11. The monoisotopic (exact) mass is 583 g/mol. The largest absolute Gasteiger partial charge is 0.354 e. The fourth-order valence-electron chi connectivity index (χ4n) is 4.28.